The summed E-state index contributed by atoms with van der Waals surface area (Å²) < 4.78 is 0. The van der Waals surface area contributed by atoms with Gasteiger partial charge in [-0.15, -0.1) is 0 Å². The first-order valence-electron chi connectivity index (χ1n) is 3.41. The second-order valence-corrected chi connectivity index (χ2v) is 2.63. The molecule has 0 saturated carbocycles. The number of carbonyl (C=O) groups is 1. The molecular weight excluding hydrogens is 126 g/mol. The summed E-state index contributed by atoms with van der Waals surface area (Å²) in [6.07, 6.45) is 0.527. The lowest BCUT2D eigenvalue weighted by Gasteiger charge is -2.01. The van der Waals surface area contributed by atoms with E-state index in [1.807, 2.05) is 20.8 Å². The standard InChI is InChI=1S/C8H15NO/c1-6(2)7(3)5-8(10)9-4/h5H2,1-4H3,(H,9,10). The Balaban J connectivity index is 3.92. The van der Waals surface area contributed by atoms with E-state index in [-0.39, 0.29) is 5.91 Å². The van der Waals surface area contributed by atoms with Gasteiger partial charge in [0.15, 0.2) is 0 Å². The lowest BCUT2D eigenvalue weighted by atomic mass is 10.1. The Morgan fingerprint density at radius 1 is 1.30 bits per heavy atom. The van der Waals surface area contributed by atoms with E-state index >= 15 is 0 Å². The van der Waals surface area contributed by atoms with E-state index in [2.05, 4.69) is 5.32 Å². The average molecular weight is 141 g/mol. The van der Waals surface area contributed by atoms with Gasteiger partial charge in [0, 0.05) is 13.5 Å². The second-order valence-electron chi connectivity index (χ2n) is 2.63. The van der Waals surface area contributed by atoms with Gasteiger partial charge < -0.3 is 5.32 Å². The molecule has 1 N–H and O–H groups in total. The lowest BCUT2D eigenvalue weighted by Crippen LogP contribution is -2.17. The van der Waals surface area contributed by atoms with Gasteiger partial charge in [0.05, 0.1) is 0 Å². The van der Waals surface area contributed by atoms with Crippen molar-refractivity contribution in [1.82, 2.24) is 5.32 Å². The number of hydrogen-bond acceptors (Lipinski definition) is 1. The second kappa shape index (κ2) is 4.09. The molecule has 1 amide bonds. The van der Waals surface area contributed by atoms with Crippen LogP contribution in [-0.4, -0.2) is 13.0 Å². The third-order valence-electron chi connectivity index (χ3n) is 1.56. The highest BCUT2D eigenvalue weighted by Crippen LogP contribution is 2.05. The third kappa shape index (κ3) is 3.28. The summed E-state index contributed by atoms with van der Waals surface area (Å²) in [6, 6.07) is 0. The molecule has 0 saturated heterocycles. The Morgan fingerprint density at radius 3 is 2.10 bits per heavy atom. The predicted octanol–water partition coefficient (Wildman–Crippen LogP) is 1.48. The van der Waals surface area contributed by atoms with Gasteiger partial charge in [0.25, 0.3) is 0 Å². The zero-order chi connectivity index (χ0) is 8.15. The van der Waals surface area contributed by atoms with E-state index in [9.17, 15) is 4.79 Å². The van der Waals surface area contributed by atoms with Gasteiger partial charge in [-0.1, -0.05) is 11.1 Å². The average Bonchev–Trinajstić information content (AvgIpc) is 1.87. The van der Waals surface area contributed by atoms with Gasteiger partial charge in [-0.2, -0.15) is 0 Å². The Hall–Kier alpha value is -0.790. The number of amides is 1. The van der Waals surface area contributed by atoms with Gasteiger partial charge in [-0.05, 0) is 20.8 Å². The molecule has 2 nitrogen and oxygen atoms in total. The smallest absolute Gasteiger partial charge is 0.223 e. The molecule has 0 aromatic carbocycles. The van der Waals surface area contributed by atoms with Crippen LogP contribution in [-0.2, 0) is 4.79 Å². The zero-order valence-electron chi connectivity index (χ0n) is 7.12. The SMILES string of the molecule is CNC(=O)CC(C)=C(C)C. The Labute approximate surface area is 62.3 Å². The molecular formula is C8H15NO. The van der Waals surface area contributed by atoms with Crippen molar-refractivity contribution in [2.24, 2.45) is 0 Å². The molecule has 0 aromatic rings. The van der Waals surface area contributed by atoms with Crippen LogP contribution in [0, 0.1) is 0 Å². The van der Waals surface area contributed by atoms with Gasteiger partial charge in [0.2, 0.25) is 5.91 Å². The van der Waals surface area contributed by atoms with Crippen LogP contribution in [0.3, 0.4) is 0 Å². The van der Waals surface area contributed by atoms with Crippen LogP contribution in [0.4, 0.5) is 0 Å². The summed E-state index contributed by atoms with van der Waals surface area (Å²) in [7, 11) is 1.65. The van der Waals surface area contributed by atoms with Crippen molar-refractivity contribution in [3.63, 3.8) is 0 Å². The van der Waals surface area contributed by atoms with E-state index in [0.29, 0.717) is 6.42 Å². The highest BCUT2D eigenvalue weighted by molar-refractivity contribution is 5.78. The fraction of sp³-hybridized carbons (Fsp3) is 0.625. The highest BCUT2D eigenvalue weighted by atomic mass is 16.1. The maximum Gasteiger partial charge on any atom is 0.223 e. The van der Waals surface area contributed by atoms with Crippen LogP contribution >= 0.6 is 0 Å². The van der Waals surface area contributed by atoms with E-state index in [0.717, 1.165) is 5.57 Å². The first kappa shape index (κ1) is 9.21. The van der Waals surface area contributed by atoms with Gasteiger partial charge in [-0.25, -0.2) is 0 Å². The van der Waals surface area contributed by atoms with Crippen LogP contribution in [0.1, 0.15) is 27.2 Å². The monoisotopic (exact) mass is 141 g/mol. The maximum atomic E-state index is 10.8. The summed E-state index contributed by atoms with van der Waals surface area (Å²) in [5.41, 5.74) is 2.38. The van der Waals surface area contributed by atoms with Crippen molar-refractivity contribution < 1.29 is 4.79 Å². The molecule has 2 heteroatoms. The minimum absolute atomic E-state index is 0.0821. The van der Waals surface area contributed by atoms with E-state index in [4.69, 9.17) is 0 Å². The molecule has 0 aliphatic heterocycles. The number of nitrogens with one attached hydrogen (secondary N) is 1. The van der Waals surface area contributed by atoms with Crippen molar-refractivity contribution in [1.29, 1.82) is 0 Å². The molecule has 58 valence electrons. The van der Waals surface area contributed by atoms with Crippen LogP contribution < -0.4 is 5.32 Å². The molecule has 0 atom stereocenters. The summed E-state index contributed by atoms with van der Waals surface area (Å²) in [5.74, 6) is 0.0821. The van der Waals surface area contributed by atoms with Crippen molar-refractivity contribution in [2.45, 2.75) is 27.2 Å². The van der Waals surface area contributed by atoms with Crippen LogP contribution in [0.2, 0.25) is 0 Å². The molecule has 0 bridgehead atoms. The Morgan fingerprint density at radius 2 is 1.80 bits per heavy atom. The molecule has 0 aromatic heterocycles. The minimum Gasteiger partial charge on any atom is -0.359 e. The van der Waals surface area contributed by atoms with Crippen LogP contribution in [0.5, 0.6) is 0 Å². The molecule has 0 heterocycles. The fourth-order valence-corrected chi connectivity index (χ4v) is 0.506. The number of allylic oxidation sites excluding steroid dienone is 1. The van der Waals surface area contributed by atoms with Gasteiger partial charge >= 0.3 is 0 Å². The van der Waals surface area contributed by atoms with Crippen molar-refractivity contribution in [2.75, 3.05) is 7.05 Å². The Kier molecular flexibility index (Phi) is 3.77. The van der Waals surface area contributed by atoms with E-state index in [1.165, 1.54) is 5.57 Å². The predicted molar refractivity (Wildman–Crippen MR) is 42.7 cm³/mol. The third-order valence-corrected chi connectivity index (χ3v) is 1.56. The number of hydrogen-bond donors (Lipinski definition) is 1. The topological polar surface area (TPSA) is 29.1 Å². The van der Waals surface area contributed by atoms with E-state index in [1.54, 1.807) is 7.05 Å². The molecule has 0 rings (SSSR count). The molecule has 0 radical (unpaired) electrons. The number of carbonyl (C=O) groups excluding carboxylic acids is 1. The van der Waals surface area contributed by atoms with Gasteiger partial charge in [0.1, 0.15) is 0 Å². The molecule has 0 fully saturated rings. The fourth-order valence-electron chi connectivity index (χ4n) is 0.506. The van der Waals surface area contributed by atoms with Crippen molar-refractivity contribution >= 4 is 5.91 Å². The summed E-state index contributed by atoms with van der Waals surface area (Å²) in [4.78, 5) is 10.8. The first-order chi connectivity index (χ1) is 4.57. The molecule has 0 unspecified atom stereocenters. The molecule has 0 spiro atoms. The highest BCUT2D eigenvalue weighted by Gasteiger charge is 1.99. The van der Waals surface area contributed by atoms with Crippen LogP contribution in [0.25, 0.3) is 0 Å². The summed E-state index contributed by atoms with van der Waals surface area (Å²) >= 11 is 0. The zero-order valence-corrected chi connectivity index (χ0v) is 7.12. The minimum atomic E-state index is 0.0821. The van der Waals surface area contributed by atoms with Crippen LogP contribution in [0.15, 0.2) is 11.1 Å². The first-order valence-corrected chi connectivity index (χ1v) is 3.41. The summed E-state index contributed by atoms with van der Waals surface area (Å²) in [5, 5.41) is 2.58. The summed E-state index contributed by atoms with van der Waals surface area (Å²) in [6.45, 7) is 6.00. The van der Waals surface area contributed by atoms with Gasteiger partial charge in [-0.3, -0.25) is 4.79 Å². The maximum absolute atomic E-state index is 10.8. The molecule has 0 aliphatic carbocycles. The van der Waals surface area contributed by atoms with E-state index < -0.39 is 0 Å². The lowest BCUT2D eigenvalue weighted by molar-refractivity contribution is -0.119. The van der Waals surface area contributed by atoms with Crippen molar-refractivity contribution in [3.8, 4) is 0 Å². The van der Waals surface area contributed by atoms with Crippen molar-refractivity contribution in [3.05, 3.63) is 11.1 Å². The molecule has 0 aliphatic rings. The number of rotatable bonds is 2. The quantitative estimate of drug-likeness (QED) is 0.580. The molecule has 10 heavy (non-hydrogen) atoms. The largest absolute Gasteiger partial charge is 0.359 e. The Bertz CT molecular complexity index is 155. The normalized spacial score (nSPS) is 8.80.